The molecule has 1 rings (SSSR count). The molecule has 0 aliphatic heterocycles. The van der Waals surface area contributed by atoms with Gasteiger partial charge in [-0.2, -0.15) is 0 Å². The normalized spacial score (nSPS) is 11.7. The van der Waals surface area contributed by atoms with Crippen LogP contribution in [0, 0.1) is 11.3 Å². The molecule has 0 spiro atoms. The summed E-state index contributed by atoms with van der Waals surface area (Å²) in [4.78, 5) is 47.7. The maximum atomic E-state index is 12.6. The number of anilines is 2. The fraction of sp³-hybridized carbons (Fsp3) is 0.474. The van der Waals surface area contributed by atoms with Crippen LogP contribution in [-0.2, 0) is 19.2 Å². The van der Waals surface area contributed by atoms with Gasteiger partial charge in [-0.15, -0.1) is 0 Å². The number of aldehydes is 1. The predicted octanol–water partition coefficient (Wildman–Crippen LogP) is 2.34. The summed E-state index contributed by atoms with van der Waals surface area (Å²) in [5.41, 5.74) is -1.61. The highest BCUT2D eigenvalue weighted by Crippen LogP contribution is 2.23. The Morgan fingerprint density at radius 2 is 1.42 bits per heavy atom. The van der Waals surface area contributed by atoms with Crippen molar-refractivity contribution < 1.29 is 19.2 Å². The maximum absolute atomic E-state index is 12.6. The first-order valence-corrected chi connectivity index (χ1v) is 8.41. The summed E-state index contributed by atoms with van der Waals surface area (Å²) in [6.45, 7) is 9.56. The summed E-state index contributed by atoms with van der Waals surface area (Å²) < 4.78 is 0. The molecular weight excluding hydrogens is 334 g/mol. The van der Waals surface area contributed by atoms with Crippen LogP contribution >= 0.6 is 0 Å². The Hall–Kier alpha value is -2.70. The van der Waals surface area contributed by atoms with E-state index in [-0.39, 0.29) is 11.8 Å². The van der Waals surface area contributed by atoms with E-state index in [1.807, 2.05) is 0 Å². The second kappa shape index (κ2) is 8.12. The number of hydrogen-bond donors (Lipinski definition) is 3. The lowest BCUT2D eigenvalue weighted by molar-refractivity contribution is -0.138. The first-order valence-electron chi connectivity index (χ1n) is 8.41. The van der Waals surface area contributed by atoms with Gasteiger partial charge in [0, 0.05) is 5.92 Å². The molecule has 3 amide bonds. The molecule has 0 heterocycles. The monoisotopic (exact) mass is 361 g/mol. The van der Waals surface area contributed by atoms with Crippen LogP contribution in [0.25, 0.3) is 0 Å². The van der Waals surface area contributed by atoms with Crippen molar-refractivity contribution in [2.24, 2.45) is 11.3 Å². The molecule has 0 radical (unpaired) electrons. The predicted molar refractivity (Wildman–Crippen MR) is 101 cm³/mol. The third-order valence-corrected chi connectivity index (χ3v) is 3.83. The second-order valence-electron chi connectivity index (χ2n) is 7.56. The number of benzene rings is 1. The molecule has 0 aliphatic carbocycles. The van der Waals surface area contributed by atoms with Crippen molar-refractivity contribution in [1.29, 1.82) is 0 Å². The molecule has 0 fully saturated rings. The number of para-hydroxylation sites is 2. The van der Waals surface area contributed by atoms with Gasteiger partial charge < -0.3 is 20.7 Å². The van der Waals surface area contributed by atoms with Crippen molar-refractivity contribution in [1.82, 2.24) is 5.32 Å². The molecule has 7 nitrogen and oxygen atoms in total. The summed E-state index contributed by atoms with van der Waals surface area (Å²) in [5, 5.41) is 8.04. The summed E-state index contributed by atoms with van der Waals surface area (Å²) in [6, 6.07) is 6.80. The molecule has 0 aromatic heterocycles. The van der Waals surface area contributed by atoms with Crippen molar-refractivity contribution >= 4 is 35.4 Å². The van der Waals surface area contributed by atoms with Crippen molar-refractivity contribution in [2.45, 2.75) is 47.1 Å². The molecule has 1 aromatic carbocycles. The van der Waals surface area contributed by atoms with Crippen LogP contribution in [0.4, 0.5) is 11.4 Å². The van der Waals surface area contributed by atoms with E-state index in [4.69, 9.17) is 0 Å². The maximum Gasteiger partial charge on any atom is 0.249 e. The first kappa shape index (κ1) is 21.3. The number of amides is 3. The fourth-order valence-corrected chi connectivity index (χ4v) is 1.81. The summed E-state index contributed by atoms with van der Waals surface area (Å²) >= 11 is 0. The molecule has 0 saturated heterocycles. The van der Waals surface area contributed by atoms with E-state index >= 15 is 0 Å². The SMILES string of the molecule is CC(C)C(=O)Nc1ccccc1NC(=O)C(C)(C)NC(=O)C(C)(C)C=O. The van der Waals surface area contributed by atoms with E-state index in [0.717, 1.165) is 0 Å². The average Bonchev–Trinajstić information content (AvgIpc) is 2.55. The highest BCUT2D eigenvalue weighted by atomic mass is 16.2. The molecular formula is C19H27N3O4. The first-order chi connectivity index (χ1) is 11.9. The quantitative estimate of drug-likeness (QED) is 0.512. The van der Waals surface area contributed by atoms with Crippen molar-refractivity contribution in [3.05, 3.63) is 24.3 Å². The van der Waals surface area contributed by atoms with Gasteiger partial charge in [-0.05, 0) is 39.8 Å². The molecule has 26 heavy (non-hydrogen) atoms. The van der Waals surface area contributed by atoms with Crippen molar-refractivity contribution in [3.63, 3.8) is 0 Å². The minimum absolute atomic E-state index is 0.174. The van der Waals surface area contributed by atoms with Gasteiger partial charge in [0.25, 0.3) is 0 Å². The van der Waals surface area contributed by atoms with Gasteiger partial charge in [0.15, 0.2) is 0 Å². The molecule has 0 unspecified atom stereocenters. The van der Waals surface area contributed by atoms with E-state index < -0.39 is 22.8 Å². The Morgan fingerprint density at radius 1 is 0.923 bits per heavy atom. The number of rotatable bonds is 7. The van der Waals surface area contributed by atoms with E-state index in [1.165, 1.54) is 27.7 Å². The van der Waals surface area contributed by atoms with Gasteiger partial charge in [0.05, 0.1) is 16.8 Å². The molecule has 0 saturated carbocycles. The van der Waals surface area contributed by atoms with Gasteiger partial charge >= 0.3 is 0 Å². The van der Waals surface area contributed by atoms with Gasteiger partial charge in [-0.25, -0.2) is 0 Å². The largest absolute Gasteiger partial charge is 0.341 e. The average molecular weight is 361 g/mol. The Morgan fingerprint density at radius 3 is 1.88 bits per heavy atom. The zero-order chi connectivity index (χ0) is 20.1. The van der Waals surface area contributed by atoms with Gasteiger partial charge in [-0.1, -0.05) is 26.0 Å². The molecule has 0 atom stereocenters. The van der Waals surface area contributed by atoms with Crippen LogP contribution in [0.5, 0.6) is 0 Å². The Labute approximate surface area is 153 Å². The second-order valence-corrected chi connectivity index (χ2v) is 7.56. The fourth-order valence-electron chi connectivity index (χ4n) is 1.81. The minimum Gasteiger partial charge on any atom is -0.341 e. The molecule has 0 bridgehead atoms. The lowest BCUT2D eigenvalue weighted by atomic mass is 9.92. The molecule has 0 aliphatic rings. The molecule has 3 N–H and O–H groups in total. The number of carbonyl (C=O) groups is 4. The van der Waals surface area contributed by atoms with Crippen LogP contribution in [0.3, 0.4) is 0 Å². The minimum atomic E-state index is -1.26. The smallest absolute Gasteiger partial charge is 0.249 e. The third kappa shape index (κ3) is 5.40. The van der Waals surface area contributed by atoms with Crippen LogP contribution in [0.2, 0.25) is 0 Å². The van der Waals surface area contributed by atoms with E-state index in [9.17, 15) is 19.2 Å². The van der Waals surface area contributed by atoms with E-state index in [1.54, 1.807) is 38.1 Å². The third-order valence-electron chi connectivity index (χ3n) is 3.83. The summed E-state index contributed by atoms with van der Waals surface area (Å²) in [6.07, 6.45) is 0.535. The molecule has 1 aromatic rings. The number of nitrogens with one attached hydrogen (secondary N) is 3. The van der Waals surface area contributed by atoms with Gasteiger partial charge in [0.1, 0.15) is 11.8 Å². The summed E-state index contributed by atoms with van der Waals surface area (Å²) in [5.74, 6) is -1.40. The standard InChI is InChI=1S/C19H27N3O4/c1-12(2)15(24)20-13-9-7-8-10-14(13)21-17(26)19(5,6)22-16(25)18(3,4)11-23/h7-12H,1-6H3,(H,20,24)(H,21,26)(H,22,25). The topological polar surface area (TPSA) is 104 Å². The van der Waals surface area contributed by atoms with E-state index in [2.05, 4.69) is 16.0 Å². The summed E-state index contributed by atoms with van der Waals surface area (Å²) in [7, 11) is 0. The highest BCUT2D eigenvalue weighted by Gasteiger charge is 2.36. The van der Waals surface area contributed by atoms with Crippen LogP contribution in [0.15, 0.2) is 24.3 Å². The zero-order valence-electron chi connectivity index (χ0n) is 16.1. The van der Waals surface area contributed by atoms with Crippen molar-refractivity contribution in [3.8, 4) is 0 Å². The van der Waals surface area contributed by atoms with E-state index in [0.29, 0.717) is 17.7 Å². The van der Waals surface area contributed by atoms with Crippen molar-refractivity contribution in [2.75, 3.05) is 10.6 Å². The van der Waals surface area contributed by atoms with Crippen LogP contribution in [-0.4, -0.2) is 29.5 Å². The molecule has 7 heteroatoms. The zero-order valence-corrected chi connectivity index (χ0v) is 16.1. The van der Waals surface area contributed by atoms with Crippen LogP contribution in [0.1, 0.15) is 41.5 Å². The van der Waals surface area contributed by atoms with Gasteiger partial charge in [0.2, 0.25) is 17.7 Å². The number of hydrogen-bond acceptors (Lipinski definition) is 4. The number of carbonyl (C=O) groups excluding carboxylic acids is 4. The lowest BCUT2D eigenvalue weighted by Crippen LogP contribution is -2.55. The molecule has 142 valence electrons. The van der Waals surface area contributed by atoms with Gasteiger partial charge in [-0.3, -0.25) is 14.4 Å². The lowest BCUT2D eigenvalue weighted by Gasteiger charge is -2.29. The Balaban J connectivity index is 2.95. The highest BCUT2D eigenvalue weighted by molar-refractivity contribution is 6.05. The Bertz CT molecular complexity index is 708. The van der Waals surface area contributed by atoms with Crippen LogP contribution < -0.4 is 16.0 Å². The Kier molecular flexibility index (Phi) is 6.66.